The van der Waals surface area contributed by atoms with Gasteiger partial charge in [0.2, 0.25) is 0 Å². The Morgan fingerprint density at radius 3 is 2.19 bits per heavy atom. The number of aryl methyl sites for hydroxylation is 1. The van der Waals surface area contributed by atoms with Gasteiger partial charge in [0.05, 0.1) is 22.1 Å². The van der Waals surface area contributed by atoms with Gasteiger partial charge in [-0.3, -0.25) is 4.57 Å². The van der Waals surface area contributed by atoms with Gasteiger partial charge in [0.1, 0.15) is 16.9 Å². The van der Waals surface area contributed by atoms with Crippen molar-refractivity contribution in [2.24, 2.45) is 0 Å². The number of allylic oxidation sites excluding steroid dienone is 1. The first-order chi connectivity index (χ1) is 23.8. The molecule has 0 radical (unpaired) electrons. The van der Waals surface area contributed by atoms with Crippen LogP contribution in [0.2, 0.25) is 0 Å². The summed E-state index contributed by atoms with van der Waals surface area (Å²) in [7, 11) is 0. The van der Waals surface area contributed by atoms with Gasteiger partial charge >= 0.3 is 0 Å². The highest BCUT2D eigenvalue weighted by Crippen LogP contribution is 2.51. The van der Waals surface area contributed by atoms with Gasteiger partial charge in [-0.1, -0.05) is 84.9 Å². The summed E-state index contributed by atoms with van der Waals surface area (Å²) < 4.78 is 8.92. The molecule has 3 aromatic heterocycles. The van der Waals surface area contributed by atoms with Crippen LogP contribution in [0.3, 0.4) is 0 Å². The van der Waals surface area contributed by atoms with Crippen molar-refractivity contribution in [2.45, 2.75) is 12.8 Å². The summed E-state index contributed by atoms with van der Waals surface area (Å²) in [4.78, 5) is 10.9. The summed E-state index contributed by atoms with van der Waals surface area (Å²) in [6.45, 7) is 0. The Morgan fingerprint density at radius 1 is 0.562 bits per heavy atom. The molecule has 7 aromatic carbocycles. The van der Waals surface area contributed by atoms with E-state index in [-0.39, 0.29) is 0 Å². The third-order valence-corrected chi connectivity index (χ3v) is 10.8. The van der Waals surface area contributed by atoms with Gasteiger partial charge in [-0.15, -0.1) is 0 Å². The summed E-state index contributed by atoms with van der Waals surface area (Å²) >= 11 is 0. The van der Waals surface area contributed by atoms with E-state index in [0.717, 1.165) is 63.1 Å². The lowest BCUT2D eigenvalue weighted by atomic mass is 9.88. The molecule has 0 saturated heterocycles. The van der Waals surface area contributed by atoms with Crippen molar-refractivity contribution in [2.75, 3.05) is 0 Å². The fourth-order valence-corrected chi connectivity index (χ4v) is 8.80. The van der Waals surface area contributed by atoms with Gasteiger partial charge in [-0.2, -0.15) is 0 Å². The first-order valence-electron chi connectivity index (χ1n) is 16.6. The van der Waals surface area contributed by atoms with Crippen molar-refractivity contribution in [3.8, 4) is 28.2 Å². The second kappa shape index (κ2) is 8.75. The topological polar surface area (TPSA) is 43.9 Å². The quantitative estimate of drug-likeness (QED) is 0.195. The third kappa shape index (κ3) is 3.01. The molecule has 10 aromatic rings. The average Bonchev–Trinajstić information content (AvgIpc) is 3.65. The van der Waals surface area contributed by atoms with Gasteiger partial charge in [-0.05, 0) is 93.7 Å². The highest BCUT2D eigenvalue weighted by atomic mass is 16.3. The molecule has 0 saturated carbocycles. The summed E-state index contributed by atoms with van der Waals surface area (Å²) in [6, 6.07) is 41.4. The zero-order valence-electron chi connectivity index (χ0n) is 25.8. The maximum Gasteiger partial charge on any atom is 0.165 e. The van der Waals surface area contributed by atoms with Crippen LogP contribution in [0.1, 0.15) is 17.5 Å². The SMILES string of the molecule is C1=Cc2cc(-c3nc4ccccc4nc3-n3c4cccc5c4c4c6c(ccc43)oc3ccc4cccc-5c4c36)c3ccccc3c2CC1. The van der Waals surface area contributed by atoms with E-state index in [9.17, 15) is 0 Å². The Morgan fingerprint density at radius 2 is 1.29 bits per heavy atom. The molecule has 48 heavy (non-hydrogen) atoms. The lowest BCUT2D eigenvalue weighted by Gasteiger charge is -2.19. The highest BCUT2D eigenvalue weighted by molar-refractivity contribution is 6.37. The Balaban J connectivity index is 1.30. The largest absolute Gasteiger partial charge is 0.456 e. The van der Waals surface area contributed by atoms with Crippen molar-refractivity contribution >= 4 is 82.4 Å². The molecule has 0 N–H and O–H groups in total. The molecule has 0 atom stereocenters. The predicted molar refractivity (Wildman–Crippen MR) is 198 cm³/mol. The van der Waals surface area contributed by atoms with Crippen LogP contribution in [0.4, 0.5) is 0 Å². The van der Waals surface area contributed by atoms with Crippen molar-refractivity contribution in [1.29, 1.82) is 0 Å². The fraction of sp³-hybridized carbons (Fsp3) is 0.0455. The van der Waals surface area contributed by atoms with Crippen LogP contribution in [-0.2, 0) is 6.42 Å². The minimum atomic E-state index is 0.835. The van der Waals surface area contributed by atoms with E-state index in [1.807, 2.05) is 12.1 Å². The molecule has 0 fully saturated rings. The number of rotatable bonds is 2. The molecule has 3 heterocycles. The number of benzene rings is 7. The number of furan rings is 1. The van der Waals surface area contributed by atoms with E-state index in [2.05, 4.69) is 120 Å². The maximum atomic E-state index is 6.56. The number of nitrogens with zero attached hydrogens (tertiary/aromatic N) is 3. The zero-order valence-corrected chi connectivity index (χ0v) is 25.8. The van der Waals surface area contributed by atoms with Gasteiger partial charge < -0.3 is 4.42 Å². The van der Waals surface area contributed by atoms with Crippen LogP contribution in [0.15, 0.2) is 126 Å². The average molecular weight is 612 g/mol. The van der Waals surface area contributed by atoms with E-state index in [0.29, 0.717) is 0 Å². The molecule has 0 amide bonds. The van der Waals surface area contributed by atoms with Crippen LogP contribution in [0.25, 0.3) is 111 Å². The Hall–Kier alpha value is -6.26. The van der Waals surface area contributed by atoms with Gasteiger partial charge in [0.25, 0.3) is 0 Å². The van der Waals surface area contributed by atoms with Crippen LogP contribution < -0.4 is 0 Å². The Labute approximate surface area is 274 Å². The molecule has 0 bridgehead atoms. The maximum absolute atomic E-state index is 6.56. The molecule has 12 rings (SSSR count). The van der Waals surface area contributed by atoms with Gasteiger partial charge in [-0.25, -0.2) is 9.97 Å². The van der Waals surface area contributed by atoms with Crippen LogP contribution in [-0.4, -0.2) is 14.5 Å². The highest BCUT2D eigenvalue weighted by Gasteiger charge is 2.28. The van der Waals surface area contributed by atoms with Crippen molar-refractivity contribution in [3.63, 3.8) is 0 Å². The molecule has 222 valence electrons. The summed E-state index contributed by atoms with van der Waals surface area (Å²) in [5.41, 5.74) is 12.9. The second-order valence-electron chi connectivity index (χ2n) is 13.2. The predicted octanol–water partition coefficient (Wildman–Crippen LogP) is 11.5. The number of fused-ring (bicyclic) bond motifs is 5. The van der Waals surface area contributed by atoms with Crippen LogP contribution in [0.5, 0.6) is 0 Å². The lowest BCUT2D eigenvalue weighted by molar-refractivity contribution is 0.669. The number of aromatic nitrogens is 3. The third-order valence-electron chi connectivity index (χ3n) is 10.8. The number of para-hydroxylation sites is 2. The smallest absolute Gasteiger partial charge is 0.165 e. The molecular formula is C44H25N3O. The van der Waals surface area contributed by atoms with Crippen molar-refractivity contribution in [1.82, 2.24) is 14.5 Å². The van der Waals surface area contributed by atoms with E-state index < -0.39 is 0 Å². The molecule has 0 unspecified atom stereocenters. The normalized spacial score (nSPS) is 13.6. The molecule has 4 nitrogen and oxygen atoms in total. The Bertz CT molecular complexity index is 3120. The summed E-state index contributed by atoms with van der Waals surface area (Å²) in [5, 5.41) is 9.79. The minimum Gasteiger partial charge on any atom is -0.456 e. The van der Waals surface area contributed by atoms with Crippen LogP contribution in [0, 0.1) is 0 Å². The monoisotopic (exact) mass is 611 g/mol. The van der Waals surface area contributed by atoms with E-state index in [1.165, 1.54) is 65.3 Å². The summed E-state index contributed by atoms with van der Waals surface area (Å²) in [6.07, 6.45) is 6.67. The van der Waals surface area contributed by atoms with Gasteiger partial charge in [0, 0.05) is 32.5 Å². The van der Waals surface area contributed by atoms with E-state index in [1.54, 1.807) is 0 Å². The van der Waals surface area contributed by atoms with Crippen molar-refractivity contribution < 1.29 is 4.42 Å². The van der Waals surface area contributed by atoms with Crippen LogP contribution >= 0.6 is 0 Å². The molecule has 2 aliphatic rings. The number of hydrogen-bond acceptors (Lipinski definition) is 3. The molecule has 2 aliphatic carbocycles. The van der Waals surface area contributed by atoms with E-state index in [4.69, 9.17) is 14.4 Å². The first kappa shape index (κ1) is 24.9. The zero-order chi connectivity index (χ0) is 31.1. The Kier molecular flexibility index (Phi) is 4.54. The van der Waals surface area contributed by atoms with Gasteiger partial charge in [0.15, 0.2) is 5.82 Å². The summed E-state index contributed by atoms with van der Waals surface area (Å²) in [5.74, 6) is 0.835. The molecule has 0 spiro atoms. The standard InChI is InChI=1S/C44H25N3O/c1-2-11-26-25(9-1)23-31(28-13-4-3-12-27(26)28)43-44(46-33-17-6-5-16-32(33)45-43)47-34-18-8-15-30-29-14-7-10-24-19-21-36-41(38(24)29)42-37(48-36)22-20-35(47)40(42)39(30)34/h1,3-10,12-23H,2,11H2. The molecular weight excluding hydrogens is 587 g/mol. The van der Waals surface area contributed by atoms with E-state index >= 15 is 0 Å². The minimum absolute atomic E-state index is 0.835. The molecule has 4 heteroatoms. The fourth-order valence-electron chi connectivity index (χ4n) is 8.80. The second-order valence-corrected chi connectivity index (χ2v) is 13.2. The first-order valence-corrected chi connectivity index (χ1v) is 16.6. The molecule has 0 aliphatic heterocycles. The lowest BCUT2D eigenvalue weighted by Crippen LogP contribution is -2.05. The van der Waals surface area contributed by atoms with Crippen molar-refractivity contribution in [3.05, 3.63) is 132 Å². The number of hydrogen-bond donors (Lipinski definition) is 0.